The molecule has 5 rings (SSSR count). The Balaban J connectivity index is 1.25. The number of ether oxygens (including phenoxy) is 1. The molecule has 3 aliphatic heterocycles. The molecule has 2 amide bonds. The Hall–Kier alpha value is -2.44. The molecule has 1 N–H and O–H groups in total. The van der Waals surface area contributed by atoms with Gasteiger partial charge in [-0.1, -0.05) is 48.6 Å². The van der Waals surface area contributed by atoms with Gasteiger partial charge in [-0.3, -0.25) is 9.59 Å². The van der Waals surface area contributed by atoms with Crippen LogP contribution in [-0.2, 0) is 27.3 Å². The quantitative estimate of drug-likeness (QED) is 0.698. The smallest absolute Gasteiger partial charge is 0.230 e. The van der Waals surface area contributed by atoms with Crippen molar-refractivity contribution in [3.63, 3.8) is 0 Å². The number of thiophene rings is 1. The van der Waals surface area contributed by atoms with Crippen molar-refractivity contribution in [1.29, 1.82) is 0 Å². The second-order valence-electron chi connectivity index (χ2n) is 8.61. The number of benzene rings is 1. The summed E-state index contributed by atoms with van der Waals surface area (Å²) >= 11 is 1.64. The van der Waals surface area contributed by atoms with Gasteiger partial charge in [0.1, 0.15) is 5.60 Å². The fourth-order valence-electron chi connectivity index (χ4n) is 5.04. The van der Waals surface area contributed by atoms with Gasteiger partial charge in [0.25, 0.3) is 0 Å². The molecule has 156 valence electrons. The summed E-state index contributed by atoms with van der Waals surface area (Å²) in [6, 6.07) is 14.3. The number of likely N-dealkylation sites (tertiary alicyclic amines) is 1. The molecule has 1 spiro atoms. The maximum absolute atomic E-state index is 13.2. The fraction of sp³-hybridized carbons (Fsp3) is 0.417. The van der Waals surface area contributed by atoms with E-state index in [9.17, 15) is 9.59 Å². The lowest BCUT2D eigenvalue weighted by atomic mass is 9.76. The van der Waals surface area contributed by atoms with Crippen LogP contribution < -0.4 is 5.32 Å². The predicted molar refractivity (Wildman–Crippen MR) is 116 cm³/mol. The molecule has 0 saturated carbocycles. The zero-order chi connectivity index (χ0) is 20.7. The summed E-state index contributed by atoms with van der Waals surface area (Å²) in [4.78, 5) is 29.4. The molecule has 3 aliphatic rings. The van der Waals surface area contributed by atoms with E-state index in [1.54, 1.807) is 11.3 Å². The highest BCUT2D eigenvalue weighted by Gasteiger charge is 2.66. The van der Waals surface area contributed by atoms with Crippen molar-refractivity contribution in [3.8, 4) is 0 Å². The monoisotopic (exact) mass is 422 g/mol. The Kier molecular flexibility index (Phi) is 4.99. The van der Waals surface area contributed by atoms with E-state index in [1.165, 1.54) is 5.56 Å². The summed E-state index contributed by atoms with van der Waals surface area (Å²) in [5.74, 6) is -0.903. The van der Waals surface area contributed by atoms with Gasteiger partial charge in [-0.25, -0.2) is 0 Å². The summed E-state index contributed by atoms with van der Waals surface area (Å²) in [7, 11) is 0. The number of carbonyl (C=O) groups is 2. The summed E-state index contributed by atoms with van der Waals surface area (Å²) in [5.41, 5.74) is 0.618. The molecule has 0 radical (unpaired) electrons. The summed E-state index contributed by atoms with van der Waals surface area (Å²) < 4.78 is 6.22. The van der Waals surface area contributed by atoms with E-state index in [1.807, 2.05) is 59.7 Å². The van der Waals surface area contributed by atoms with Crippen LogP contribution in [0, 0.1) is 11.8 Å². The van der Waals surface area contributed by atoms with Crippen LogP contribution in [0.1, 0.15) is 23.8 Å². The van der Waals surface area contributed by atoms with E-state index in [4.69, 9.17) is 4.74 Å². The molecule has 2 bridgehead atoms. The van der Waals surface area contributed by atoms with Gasteiger partial charge >= 0.3 is 0 Å². The number of rotatable bonds is 7. The third kappa shape index (κ3) is 3.38. The molecule has 2 fully saturated rings. The van der Waals surface area contributed by atoms with Crippen molar-refractivity contribution in [2.24, 2.45) is 11.8 Å². The SMILES string of the molecule is CC(CCc1ccccc1)NC(=O)C1[C@H]2C=CC3(CN(Cc4cccs4)C(=O)[C@@H]13)O2. The largest absolute Gasteiger partial charge is 0.360 e. The van der Waals surface area contributed by atoms with Crippen LogP contribution in [-0.4, -0.2) is 41.0 Å². The fourth-order valence-corrected chi connectivity index (χ4v) is 5.76. The van der Waals surface area contributed by atoms with Gasteiger partial charge in [-0.2, -0.15) is 0 Å². The predicted octanol–water partition coefficient (Wildman–Crippen LogP) is 3.17. The first kappa shape index (κ1) is 19.5. The average molecular weight is 423 g/mol. The average Bonchev–Trinajstić information content (AvgIpc) is 3.51. The van der Waals surface area contributed by atoms with E-state index >= 15 is 0 Å². The molecule has 5 nitrogen and oxygen atoms in total. The number of carbonyl (C=O) groups excluding carboxylic acids is 2. The highest BCUT2D eigenvalue weighted by atomic mass is 32.1. The lowest BCUT2D eigenvalue weighted by Gasteiger charge is -2.25. The molecule has 2 saturated heterocycles. The number of hydrogen-bond acceptors (Lipinski definition) is 4. The molecule has 4 heterocycles. The molecule has 1 aromatic heterocycles. The van der Waals surface area contributed by atoms with E-state index in [0.717, 1.165) is 17.7 Å². The van der Waals surface area contributed by atoms with Gasteiger partial charge in [-0.05, 0) is 36.8 Å². The number of amides is 2. The summed E-state index contributed by atoms with van der Waals surface area (Å²) in [6.45, 7) is 3.13. The Morgan fingerprint density at radius 2 is 2.13 bits per heavy atom. The lowest BCUT2D eigenvalue weighted by molar-refractivity contribution is -0.138. The molecule has 30 heavy (non-hydrogen) atoms. The summed E-state index contributed by atoms with van der Waals surface area (Å²) in [5, 5.41) is 5.16. The first-order valence-electron chi connectivity index (χ1n) is 10.6. The van der Waals surface area contributed by atoms with Gasteiger partial charge in [-0.15, -0.1) is 11.3 Å². The van der Waals surface area contributed by atoms with E-state index < -0.39 is 17.4 Å². The highest BCUT2D eigenvalue weighted by molar-refractivity contribution is 7.09. The zero-order valence-electron chi connectivity index (χ0n) is 17.0. The Morgan fingerprint density at radius 3 is 2.90 bits per heavy atom. The van der Waals surface area contributed by atoms with Crippen molar-refractivity contribution in [1.82, 2.24) is 10.2 Å². The van der Waals surface area contributed by atoms with Crippen LogP contribution in [0.25, 0.3) is 0 Å². The van der Waals surface area contributed by atoms with Crippen LogP contribution in [0.4, 0.5) is 0 Å². The number of nitrogens with zero attached hydrogens (tertiary/aromatic N) is 1. The minimum Gasteiger partial charge on any atom is -0.360 e. The topological polar surface area (TPSA) is 58.6 Å². The van der Waals surface area contributed by atoms with Crippen molar-refractivity contribution >= 4 is 23.2 Å². The number of aryl methyl sites for hydroxylation is 1. The van der Waals surface area contributed by atoms with Gasteiger partial charge < -0.3 is 15.0 Å². The maximum Gasteiger partial charge on any atom is 0.230 e. The van der Waals surface area contributed by atoms with Gasteiger partial charge in [0.2, 0.25) is 11.8 Å². The van der Waals surface area contributed by atoms with Gasteiger partial charge in [0.05, 0.1) is 31.0 Å². The van der Waals surface area contributed by atoms with E-state index in [-0.39, 0.29) is 24.0 Å². The van der Waals surface area contributed by atoms with Crippen molar-refractivity contribution in [3.05, 3.63) is 70.4 Å². The minimum atomic E-state index is -0.645. The standard InChI is InChI=1S/C24H26N2O3S/c1-16(9-10-17-6-3-2-4-7-17)25-22(27)20-19-11-12-24(29-19)15-26(23(28)21(20)24)14-18-8-5-13-30-18/h2-8,11-13,16,19-21H,9-10,14-15H2,1H3,(H,25,27)/t16?,19-,20?,21-,24?/m1/s1. The van der Waals surface area contributed by atoms with Crippen molar-refractivity contribution in [2.45, 2.75) is 44.1 Å². The maximum atomic E-state index is 13.2. The molecule has 0 aliphatic carbocycles. The van der Waals surface area contributed by atoms with Crippen molar-refractivity contribution in [2.75, 3.05) is 6.54 Å². The minimum absolute atomic E-state index is 0.0346. The van der Waals surface area contributed by atoms with Crippen LogP contribution in [0.5, 0.6) is 0 Å². The molecule has 1 aromatic carbocycles. The van der Waals surface area contributed by atoms with Crippen LogP contribution in [0.15, 0.2) is 60.0 Å². The Bertz CT molecular complexity index is 958. The highest BCUT2D eigenvalue weighted by Crippen LogP contribution is 2.52. The molecule has 3 unspecified atom stereocenters. The molecule has 6 heteroatoms. The van der Waals surface area contributed by atoms with Crippen LogP contribution >= 0.6 is 11.3 Å². The zero-order valence-corrected chi connectivity index (χ0v) is 17.8. The van der Waals surface area contributed by atoms with Gasteiger partial charge in [0.15, 0.2) is 0 Å². The second-order valence-corrected chi connectivity index (χ2v) is 9.64. The van der Waals surface area contributed by atoms with Crippen LogP contribution in [0.3, 0.4) is 0 Å². The first-order valence-corrected chi connectivity index (χ1v) is 11.5. The summed E-state index contributed by atoms with van der Waals surface area (Å²) in [6.07, 6.45) is 5.45. The van der Waals surface area contributed by atoms with E-state index in [0.29, 0.717) is 13.1 Å². The molecular formula is C24H26N2O3S. The molecular weight excluding hydrogens is 396 g/mol. The van der Waals surface area contributed by atoms with Crippen LogP contribution in [0.2, 0.25) is 0 Å². The molecule has 2 aromatic rings. The number of hydrogen-bond donors (Lipinski definition) is 1. The number of nitrogens with one attached hydrogen (secondary N) is 1. The Morgan fingerprint density at radius 1 is 1.30 bits per heavy atom. The van der Waals surface area contributed by atoms with E-state index in [2.05, 4.69) is 17.4 Å². The Labute approximate surface area is 180 Å². The lowest BCUT2D eigenvalue weighted by Crippen LogP contribution is -2.46. The normalized spacial score (nSPS) is 30.0. The first-order chi connectivity index (χ1) is 14.6. The van der Waals surface area contributed by atoms with Gasteiger partial charge in [0, 0.05) is 10.9 Å². The second kappa shape index (κ2) is 7.67. The third-order valence-corrected chi connectivity index (χ3v) is 7.37. The number of fused-ring (bicyclic) bond motifs is 1. The molecule has 5 atom stereocenters. The third-order valence-electron chi connectivity index (χ3n) is 6.51. The van der Waals surface area contributed by atoms with Crippen molar-refractivity contribution < 1.29 is 14.3 Å².